The predicted molar refractivity (Wildman–Crippen MR) is 116 cm³/mol. The Hall–Kier alpha value is -4.19. The van der Waals surface area contributed by atoms with Gasteiger partial charge in [0.25, 0.3) is 5.91 Å². The van der Waals surface area contributed by atoms with E-state index in [1.807, 2.05) is 60.7 Å². The Morgan fingerprint density at radius 3 is 2.41 bits per heavy atom. The van der Waals surface area contributed by atoms with Gasteiger partial charge < -0.3 is 16.4 Å². The first-order chi connectivity index (χ1) is 14.2. The molecule has 4 N–H and O–H groups in total. The predicted octanol–water partition coefficient (Wildman–Crippen LogP) is 4.72. The number of nitrogens with zero attached hydrogens (tertiary/aromatic N) is 2. The van der Waals surface area contributed by atoms with E-state index in [0.29, 0.717) is 22.9 Å². The van der Waals surface area contributed by atoms with Crippen molar-refractivity contribution in [2.45, 2.75) is 0 Å². The smallest absolute Gasteiger partial charge is 0.274 e. The zero-order chi connectivity index (χ0) is 20.1. The van der Waals surface area contributed by atoms with Gasteiger partial charge in [0.15, 0.2) is 0 Å². The molecule has 29 heavy (non-hydrogen) atoms. The summed E-state index contributed by atoms with van der Waals surface area (Å²) in [4.78, 5) is 20.8. The molecule has 2 aromatic carbocycles. The van der Waals surface area contributed by atoms with Gasteiger partial charge in [0.05, 0.1) is 0 Å². The molecule has 2 heterocycles. The fourth-order valence-electron chi connectivity index (χ4n) is 2.91. The maximum absolute atomic E-state index is 12.3. The zero-order valence-corrected chi connectivity index (χ0v) is 15.5. The Bertz CT molecular complexity index is 1140. The molecule has 0 atom stereocenters. The van der Waals surface area contributed by atoms with Gasteiger partial charge in [0, 0.05) is 29.5 Å². The number of hydrogen-bond acceptors (Lipinski definition) is 5. The molecule has 2 aromatic heterocycles. The monoisotopic (exact) mass is 381 g/mol. The van der Waals surface area contributed by atoms with Crippen LogP contribution in [0.1, 0.15) is 10.5 Å². The molecule has 0 aliphatic carbocycles. The number of nitrogens with two attached hydrogens (primary N) is 1. The van der Waals surface area contributed by atoms with Crippen LogP contribution in [0, 0.1) is 0 Å². The number of anilines is 4. The van der Waals surface area contributed by atoms with E-state index in [1.54, 1.807) is 30.6 Å². The highest BCUT2D eigenvalue weighted by Gasteiger charge is 2.08. The second-order valence-corrected chi connectivity index (χ2v) is 6.43. The van der Waals surface area contributed by atoms with Crippen molar-refractivity contribution in [3.05, 3.63) is 97.0 Å². The van der Waals surface area contributed by atoms with Crippen molar-refractivity contribution in [2.24, 2.45) is 0 Å². The number of pyridine rings is 2. The first-order valence-corrected chi connectivity index (χ1v) is 9.09. The summed E-state index contributed by atoms with van der Waals surface area (Å²) in [7, 11) is 0. The van der Waals surface area contributed by atoms with Crippen molar-refractivity contribution in [3.8, 4) is 11.1 Å². The fraction of sp³-hybridized carbons (Fsp3) is 0. The van der Waals surface area contributed by atoms with E-state index < -0.39 is 0 Å². The van der Waals surface area contributed by atoms with Gasteiger partial charge in [-0.2, -0.15) is 0 Å². The van der Waals surface area contributed by atoms with Crippen LogP contribution in [0.3, 0.4) is 0 Å². The van der Waals surface area contributed by atoms with Gasteiger partial charge in [0.2, 0.25) is 0 Å². The highest BCUT2D eigenvalue weighted by Crippen LogP contribution is 2.26. The third kappa shape index (κ3) is 4.56. The molecule has 0 radical (unpaired) electrons. The van der Waals surface area contributed by atoms with Gasteiger partial charge in [0.1, 0.15) is 11.5 Å². The summed E-state index contributed by atoms with van der Waals surface area (Å²) in [6.07, 6.45) is 3.33. The first kappa shape index (κ1) is 18.2. The molecule has 0 unspecified atom stereocenters. The van der Waals surface area contributed by atoms with Crippen LogP contribution < -0.4 is 16.4 Å². The maximum atomic E-state index is 12.3. The summed E-state index contributed by atoms with van der Waals surface area (Å²) in [5.41, 5.74) is 10.4. The van der Waals surface area contributed by atoms with Crippen LogP contribution in [0.25, 0.3) is 11.1 Å². The van der Waals surface area contributed by atoms with Crippen molar-refractivity contribution in [2.75, 3.05) is 16.4 Å². The number of aromatic nitrogens is 2. The SMILES string of the molecule is Nc1cccc(Nc2cc(-c3cccc(NC(=O)c4ccccn4)c3)ccn2)c1. The number of rotatable bonds is 5. The maximum Gasteiger partial charge on any atom is 0.274 e. The van der Waals surface area contributed by atoms with Gasteiger partial charge in [-0.1, -0.05) is 24.3 Å². The van der Waals surface area contributed by atoms with Crippen LogP contribution in [0.15, 0.2) is 91.3 Å². The van der Waals surface area contributed by atoms with Crippen LogP contribution in [-0.2, 0) is 0 Å². The van der Waals surface area contributed by atoms with E-state index >= 15 is 0 Å². The molecule has 0 saturated heterocycles. The van der Waals surface area contributed by atoms with E-state index in [-0.39, 0.29) is 5.91 Å². The average Bonchev–Trinajstić information content (AvgIpc) is 2.75. The number of carbonyl (C=O) groups is 1. The fourth-order valence-corrected chi connectivity index (χ4v) is 2.91. The molecule has 0 fully saturated rings. The molecule has 0 bridgehead atoms. The Labute approximate surface area is 168 Å². The van der Waals surface area contributed by atoms with Crippen molar-refractivity contribution in [1.29, 1.82) is 0 Å². The zero-order valence-electron chi connectivity index (χ0n) is 15.5. The lowest BCUT2D eigenvalue weighted by molar-refractivity contribution is 0.102. The number of benzene rings is 2. The third-order valence-corrected chi connectivity index (χ3v) is 4.27. The minimum Gasteiger partial charge on any atom is -0.399 e. The molecular formula is C23H19N5O. The molecule has 0 aliphatic rings. The van der Waals surface area contributed by atoms with Gasteiger partial charge in [-0.05, 0) is 65.7 Å². The highest BCUT2D eigenvalue weighted by atomic mass is 16.1. The summed E-state index contributed by atoms with van der Waals surface area (Å²) in [6.45, 7) is 0. The molecule has 0 saturated carbocycles. The molecule has 1 amide bonds. The largest absolute Gasteiger partial charge is 0.399 e. The second-order valence-electron chi connectivity index (χ2n) is 6.43. The molecule has 4 rings (SSSR count). The van der Waals surface area contributed by atoms with Crippen molar-refractivity contribution in [3.63, 3.8) is 0 Å². The summed E-state index contributed by atoms with van der Waals surface area (Å²) >= 11 is 0. The Kier molecular flexibility index (Phi) is 5.16. The van der Waals surface area contributed by atoms with Crippen molar-refractivity contribution in [1.82, 2.24) is 9.97 Å². The van der Waals surface area contributed by atoms with E-state index in [2.05, 4.69) is 20.6 Å². The van der Waals surface area contributed by atoms with Crippen LogP contribution >= 0.6 is 0 Å². The van der Waals surface area contributed by atoms with Crippen LogP contribution in [0.5, 0.6) is 0 Å². The summed E-state index contributed by atoms with van der Waals surface area (Å²) in [5.74, 6) is 0.456. The van der Waals surface area contributed by atoms with E-state index in [9.17, 15) is 4.79 Å². The Morgan fingerprint density at radius 1 is 0.759 bits per heavy atom. The molecule has 0 aliphatic heterocycles. The Balaban J connectivity index is 1.54. The standard InChI is InChI=1S/C23H19N5O/c24-18-6-4-8-20(15-18)27-22-14-17(10-12-26-22)16-5-3-7-19(13-16)28-23(29)21-9-1-2-11-25-21/h1-15H,24H2,(H,26,27)(H,28,29). The van der Waals surface area contributed by atoms with Crippen molar-refractivity contribution >= 4 is 28.8 Å². The minimum absolute atomic E-state index is 0.249. The van der Waals surface area contributed by atoms with Gasteiger partial charge in [-0.25, -0.2) is 4.98 Å². The van der Waals surface area contributed by atoms with E-state index in [4.69, 9.17) is 5.73 Å². The van der Waals surface area contributed by atoms with Crippen molar-refractivity contribution < 1.29 is 4.79 Å². The molecule has 6 heteroatoms. The van der Waals surface area contributed by atoms with Crippen LogP contribution in [-0.4, -0.2) is 15.9 Å². The van der Waals surface area contributed by atoms with Crippen LogP contribution in [0.4, 0.5) is 22.9 Å². The average molecular weight is 381 g/mol. The normalized spacial score (nSPS) is 10.3. The molecular weight excluding hydrogens is 362 g/mol. The molecule has 142 valence electrons. The summed E-state index contributed by atoms with van der Waals surface area (Å²) in [6, 6.07) is 24.2. The number of nitrogen functional groups attached to an aromatic ring is 1. The highest BCUT2D eigenvalue weighted by molar-refractivity contribution is 6.03. The lowest BCUT2D eigenvalue weighted by Crippen LogP contribution is -2.13. The van der Waals surface area contributed by atoms with Gasteiger partial charge in [-0.15, -0.1) is 0 Å². The minimum atomic E-state index is -0.249. The second kappa shape index (κ2) is 8.22. The number of hydrogen-bond donors (Lipinski definition) is 3. The van der Waals surface area contributed by atoms with E-state index in [1.165, 1.54) is 0 Å². The quantitative estimate of drug-likeness (QED) is 0.435. The Morgan fingerprint density at radius 2 is 1.59 bits per heavy atom. The first-order valence-electron chi connectivity index (χ1n) is 9.09. The van der Waals surface area contributed by atoms with Crippen LogP contribution in [0.2, 0.25) is 0 Å². The topological polar surface area (TPSA) is 92.9 Å². The lowest BCUT2D eigenvalue weighted by atomic mass is 10.1. The van der Waals surface area contributed by atoms with Gasteiger partial charge >= 0.3 is 0 Å². The summed E-state index contributed by atoms with van der Waals surface area (Å²) in [5, 5.41) is 6.14. The molecule has 6 nitrogen and oxygen atoms in total. The number of carbonyl (C=O) groups excluding carboxylic acids is 1. The van der Waals surface area contributed by atoms with Gasteiger partial charge in [-0.3, -0.25) is 9.78 Å². The van der Waals surface area contributed by atoms with E-state index in [0.717, 1.165) is 16.8 Å². The number of nitrogens with one attached hydrogen (secondary N) is 2. The lowest BCUT2D eigenvalue weighted by Gasteiger charge is -2.10. The number of amides is 1. The molecule has 0 spiro atoms. The third-order valence-electron chi connectivity index (χ3n) is 4.27. The molecule has 4 aromatic rings. The summed E-state index contributed by atoms with van der Waals surface area (Å²) < 4.78 is 0.